The summed E-state index contributed by atoms with van der Waals surface area (Å²) in [7, 11) is 0. The Kier molecular flexibility index (Phi) is 2.74. The van der Waals surface area contributed by atoms with E-state index in [1.165, 1.54) is 6.07 Å². The zero-order valence-electron chi connectivity index (χ0n) is 10.6. The molecule has 0 amide bonds. The molecule has 2 nitrogen and oxygen atoms in total. The third-order valence-corrected chi connectivity index (χ3v) is 2.86. The molecule has 0 saturated carbocycles. The number of nitrogens with zero attached hydrogens (tertiary/aromatic N) is 1. The Labute approximate surface area is 105 Å². The van der Waals surface area contributed by atoms with Crippen LogP contribution >= 0.6 is 0 Å². The smallest absolute Gasteiger partial charge is 0.157 e. The normalized spacial score (nSPS) is 11.5. The molecule has 2 rings (SSSR count). The van der Waals surface area contributed by atoms with Crippen LogP contribution in [0.1, 0.15) is 31.9 Å². The quantitative estimate of drug-likeness (QED) is 0.720. The molecule has 0 atom stereocenters. The summed E-state index contributed by atoms with van der Waals surface area (Å²) in [6.45, 7) is 5.94. The molecule has 1 aromatic carbocycles. The minimum atomic E-state index is -0.513. The standard InChI is InChI=1S/C15H14FNO/c1-5-10-12(16)8-17-13-7-9(18)6-11(14(10)13)15(2,3)4/h1,6-8,18H,2-4H3. The van der Waals surface area contributed by atoms with Gasteiger partial charge >= 0.3 is 0 Å². The first kappa shape index (κ1) is 12.4. The van der Waals surface area contributed by atoms with Crippen molar-refractivity contribution < 1.29 is 9.50 Å². The Morgan fingerprint density at radius 2 is 2.00 bits per heavy atom. The first-order valence-electron chi connectivity index (χ1n) is 5.63. The fourth-order valence-electron chi connectivity index (χ4n) is 2.02. The number of halogens is 1. The van der Waals surface area contributed by atoms with Gasteiger partial charge < -0.3 is 5.11 Å². The number of phenolic OH excluding ortho intramolecular Hbond substituents is 1. The summed E-state index contributed by atoms with van der Waals surface area (Å²) in [5.41, 5.74) is 1.23. The Balaban J connectivity index is 3.02. The third-order valence-electron chi connectivity index (χ3n) is 2.86. The molecule has 0 aliphatic carbocycles. The lowest BCUT2D eigenvalue weighted by molar-refractivity contribution is 0.472. The maximum atomic E-state index is 13.7. The van der Waals surface area contributed by atoms with Crippen molar-refractivity contribution in [3.8, 4) is 18.1 Å². The van der Waals surface area contributed by atoms with Gasteiger partial charge in [0.25, 0.3) is 0 Å². The Morgan fingerprint density at radius 1 is 1.33 bits per heavy atom. The molecule has 2 aromatic rings. The summed E-state index contributed by atoms with van der Waals surface area (Å²) in [5.74, 6) is 1.97. The highest BCUT2D eigenvalue weighted by molar-refractivity contribution is 5.90. The van der Waals surface area contributed by atoms with Gasteiger partial charge in [-0.05, 0) is 17.0 Å². The lowest BCUT2D eigenvalue weighted by Crippen LogP contribution is -2.13. The van der Waals surface area contributed by atoms with Crippen LogP contribution in [0.4, 0.5) is 4.39 Å². The van der Waals surface area contributed by atoms with Gasteiger partial charge in [0.15, 0.2) is 5.82 Å². The SMILES string of the molecule is C#Cc1c(F)cnc2cc(O)cc(C(C)(C)C)c12. The molecule has 0 aliphatic heterocycles. The maximum absolute atomic E-state index is 13.7. The molecule has 0 radical (unpaired) electrons. The van der Waals surface area contributed by atoms with E-state index in [1.54, 1.807) is 6.07 Å². The molecule has 1 heterocycles. The van der Waals surface area contributed by atoms with Crippen LogP contribution in [0.25, 0.3) is 10.9 Å². The van der Waals surface area contributed by atoms with Crippen LogP contribution in [0.3, 0.4) is 0 Å². The number of benzene rings is 1. The fraction of sp³-hybridized carbons (Fsp3) is 0.267. The van der Waals surface area contributed by atoms with Crippen molar-refractivity contribution in [3.05, 3.63) is 35.3 Å². The molecule has 1 N–H and O–H groups in total. The third kappa shape index (κ3) is 1.91. The molecule has 0 unspecified atom stereocenters. The average Bonchev–Trinajstić information content (AvgIpc) is 2.27. The minimum Gasteiger partial charge on any atom is -0.508 e. The number of terminal acetylenes is 1. The van der Waals surface area contributed by atoms with Gasteiger partial charge in [0.1, 0.15) is 5.75 Å². The molecule has 3 heteroatoms. The molecule has 0 aliphatic rings. The number of aromatic nitrogens is 1. The van der Waals surface area contributed by atoms with E-state index < -0.39 is 5.82 Å². The number of fused-ring (bicyclic) bond motifs is 1. The Bertz CT molecular complexity index is 663. The first-order valence-corrected chi connectivity index (χ1v) is 5.63. The minimum absolute atomic E-state index is 0.106. The van der Waals surface area contributed by atoms with E-state index in [1.807, 2.05) is 20.8 Å². The highest BCUT2D eigenvalue weighted by Crippen LogP contribution is 2.35. The predicted molar refractivity (Wildman–Crippen MR) is 70.0 cm³/mol. The zero-order valence-corrected chi connectivity index (χ0v) is 10.6. The summed E-state index contributed by atoms with van der Waals surface area (Å²) in [5, 5.41) is 10.3. The molecule has 1 aromatic heterocycles. The van der Waals surface area contributed by atoms with Gasteiger partial charge in [-0.15, -0.1) is 6.42 Å². The van der Waals surface area contributed by atoms with Gasteiger partial charge in [-0.25, -0.2) is 4.39 Å². The van der Waals surface area contributed by atoms with Crippen molar-refractivity contribution >= 4 is 10.9 Å². The van der Waals surface area contributed by atoms with E-state index in [9.17, 15) is 9.50 Å². The van der Waals surface area contributed by atoms with E-state index >= 15 is 0 Å². The van der Waals surface area contributed by atoms with Crippen molar-refractivity contribution in [2.75, 3.05) is 0 Å². The van der Waals surface area contributed by atoms with Crippen LogP contribution in [0.15, 0.2) is 18.3 Å². The van der Waals surface area contributed by atoms with Gasteiger partial charge in [0.2, 0.25) is 0 Å². The topological polar surface area (TPSA) is 33.1 Å². The fourth-order valence-corrected chi connectivity index (χ4v) is 2.02. The number of phenols is 1. The number of hydrogen-bond donors (Lipinski definition) is 1. The molecule has 92 valence electrons. The van der Waals surface area contributed by atoms with Gasteiger partial charge in [-0.1, -0.05) is 26.7 Å². The van der Waals surface area contributed by atoms with Crippen LogP contribution in [0.2, 0.25) is 0 Å². The van der Waals surface area contributed by atoms with E-state index in [2.05, 4.69) is 10.9 Å². The van der Waals surface area contributed by atoms with E-state index in [-0.39, 0.29) is 16.7 Å². The second-order valence-corrected chi connectivity index (χ2v) is 5.26. The van der Waals surface area contributed by atoms with E-state index in [4.69, 9.17) is 6.42 Å². The van der Waals surface area contributed by atoms with Gasteiger partial charge in [-0.3, -0.25) is 4.98 Å². The van der Waals surface area contributed by atoms with Gasteiger partial charge in [0.05, 0.1) is 17.3 Å². The lowest BCUT2D eigenvalue weighted by atomic mass is 9.83. The maximum Gasteiger partial charge on any atom is 0.157 e. The molecule has 18 heavy (non-hydrogen) atoms. The average molecular weight is 243 g/mol. The van der Waals surface area contributed by atoms with Crippen LogP contribution in [-0.4, -0.2) is 10.1 Å². The van der Waals surface area contributed by atoms with Crippen molar-refractivity contribution in [1.29, 1.82) is 0 Å². The molecular weight excluding hydrogens is 229 g/mol. The van der Waals surface area contributed by atoms with E-state index in [0.717, 1.165) is 11.8 Å². The Morgan fingerprint density at radius 3 is 2.56 bits per heavy atom. The first-order chi connectivity index (χ1) is 8.34. The zero-order chi connectivity index (χ0) is 13.5. The van der Waals surface area contributed by atoms with Crippen molar-refractivity contribution in [2.24, 2.45) is 0 Å². The van der Waals surface area contributed by atoms with Crippen LogP contribution in [-0.2, 0) is 5.41 Å². The van der Waals surface area contributed by atoms with Crippen molar-refractivity contribution in [1.82, 2.24) is 4.98 Å². The highest BCUT2D eigenvalue weighted by atomic mass is 19.1. The predicted octanol–water partition coefficient (Wildman–Crippen LogP) is 3.36. The van der Waals surface area contributed by atoms with Gasteiger partial charge in [0, 0.05) is 11.5 Å². The number of rotatable bonds is 0. The number of aromatic hydroxyl groups is 1. The molecule has 0 spiro atoms. The highest BCUT2D eigenvalue weighted by Gasteiger charge is 2.21. The van der Waals surface area contributed by atoms with Crippen molar-refractivity contribution in [2.45, 2.75) is 26.2 Å². The summed E-state index contributed by atoms with van der Waals surface area (Å²) in [4.78, 5) is 3.99. The van der Waals surface area contributed by atoms with Gasteiger partial charge in [-0.2, -0.15) is 0 Å². The van der Waals surface area contributed by atoms with Crippen LogP contribution < -0.4 is 0 Å². The molecular formula is C15H14FNO. The molecule has 0 fully saturated rings. The largest absolute Gasteiger partial charge is 0.508 e. The monoisotopic (exact) mass is 243 g/mol. The second kappa shape index (κ2) is 3.99. The van der Waals surface area contributed by atoms with E-state index in [0.29, 0.717) is 10.9 Å². The summed E-state index contributed by atoms with van der Waals surface area (Å²) in [6.07, 6.45) is 6.47. The summed E-state index contributed by atoms with van der Waals surface area (Å²) < 4.78 is 13.7. The van der Waals surface area contributed by atoms with Crippen LogP contribution in [0.5, 0.6) is 5.75 Å². The second-order valence-electron chi connectivity index (χ2n) is 5.26. The molecule has 0 bridgehead atoms. The summed E-state index contributed by atoms with van der Waals surface area (Å²) >= 11 is 0. The Hall–Kier alpha value is -2.08. The molecule has 0 saturated heterocycles. The number of hydrogen-bond acceptors (Lipinski definition) is 2. The lowest BCUT2D eigenvalue weighted by Gasteiger charge is -2.22. The number of pyridine rings is 1. The van der Waals surface area contributed by atoms with Crippen molar-refractivity contribution in [3.63, 3.8) is 0 Å². The summed E-state index contributed by atoms with van der Waals surface area (Å²) in [6, 6.07) is 3.11. The van der Waals surface area contributed by atoms with Crippen LogP contribution in [0, 0.1) is 18.2 Å².